The van der Waals surface area contributed by atoms with E-state index in [-0.39, 0.29) is 35.2 Å². The minimum Gasteiger partial charge on any atom is -0.490 e. The van der Waals surface area contributed by atoms with Gasteiger partial charge in [0.05, 0.1) is 28.9 Å². The van der Waals surface area contributed by atoms with Gasteiger partial charge in [0.25, 0.3) is 5.91 Å². The molecule has 2 aliphatic carbocycles. The zero-order valence-electron chi connectivity index (χ0n) is 30.7. The topological polar surface area (TPSA) is 133 Å². The van der Waals surface area contributed by atoms with Gasteiger partial charge in [0.2, 0.25) is 20.0 Å². The molecule has 1 fully saturated rings. The normalized spacial score (nSPS) is 31.5. The first-order valence-electron chi connectivity index (χ1n) is 18.3. The minimum atomic E-state index is -4.05. The number of ether oxygens (including phenoxy) is 1. The highest BCUT2D eigenvalue weighted by Crippen LogP contribution is 2.49. The van der Waals surface area contributed by atoms with Crippen LogP contribution in [0.1, 0.15) is 101 Å². The summed E-state index contributed by atoms with van der Waals surface area (Å²) in [6.07, 6.45) is 5.35. The molecule has 1 spiro atoms. The summed E-state index contributed by atoms with van der Waals surface area (Å²) in [4.78, 5) is 15.8. The first-order chi connectivity index (χ1) is 23.7. The van der Waals surface area contributed by atoms with Gasteiger partial charge in [0.15, 0.2) is 0 Å². The summed E-state index contributed by atoms with van der Waals surface area (Å²) < 4.78 is 65.0. The average Bonchev–Trinajstić information content (AvgIpc) is 3.17. The van der Waals surface area contributed by atoms with Gasteiger partial charge < -0.3 is 14.7 Å². The molecule has 6 atom stereocenters. The van der Waals surface area contributed by atoms with Gasteiger partial charge in [-0.1, -0.05) is 31.0 Å². The van der Waals surface area contributed by atoms with Crippen molar-refractivity contribution in [2.45, 2.75) is 108 Å². The Kier molecular flexibility index (Phi) is 10.4. The van der Waals surface area contributed by atoms with Crippen LogP contribution in [0.2, 0.25) is 5.02 Å². The molecule has 2 bridgehead atoms. The van der Waals surface area contributed by atoms with Crippen LogP contribution in [0.3, 0.4) is 0 Å². The van der Waals surface area contributed by atoms with Crippen molar-refractivity contribution in [3.8, 4) is 5.75 Å². The van der Waals surface area contributed by atoms with Gasteiger partial charge in [-0.3, -0.25) is 4.79 Å². The van der Waals surface area contributed by atoms with Crippen LogP contribution in [0.15, 0.2) is 36.4 Å². The number of halogens is 1. The number of hydrogen-bond donors (Lipinski definition) is 2. The maximum atomic E-state index is 13.9. The summed E-state index contributed by atoms with van der Waals surface area (Å²) in [5.41, 5.74) is 0.691. The summed E-state index contributed by atoms with van der Waals surface area (Å²) >= 11 is 6.44. The quantitative estimate of drug-likeness (QED) is 0.395. The molecule has 0 aromatic heterocycles. The van der Waals surface area contributed by atoms with Gasteiger partial charge >= 0.3 is 0 Å². The predicted molar refractivity (Wildman–Crippen MR) is 202 cm³/mol. The second kappa shape index (κ2) is 13.8. The van der Waals surface area contributed by atoms with Crippen LogP contribution in [-0.2, 0) is 31.9 Å². The first kappa shape index (κ1) is 38.3. The Morgan fingerprint density at radius 3 is 2.51 bits per heavy atom. The maximum Gasteiger partial charge on any atom is 0.264 e. The fourth-order valence-corrected chi connectivity index (χ4v) is 12.3. The monoisotopic (exact) mass is 763 g/mol. The molecule has 13 heteroatoms. The standard InChI is InChI=1S/C38H54ClN3O7S2/c1-25-9-7-18-38(44,24-50(45,46)41(6)36(3,4)5)32-14-11-29(32)21-42-22-37(17-8-10-27-19-30(39)13-15-31(27)37)23-49-34-16-12-28(20-33(34)42)35(43)40-51(47,48)26(25)2/h12-13,15-16,19-20,25-26,29,32,44H,7-11,14,17-18,21-24H2,1-6H3,(H,40,43)/t25-,26+,29-,32+,37-,38+/m0/s1. The number of hydrogen-bond acceptors (Lipinski definition) is 8. The van der Waals surface area contributed by atoms with Crippen molar-refractivity contribution in [1.82, 2.24) is 9.03 Å². The summed E-state index contributed by atoms with van der Waals surface area (Å²) in [6.45, 7) is 10.4. The summed E-state index contributed by atoms with van der Waals surface area (Å²) in [7, 11) is -6.35. The molecule has 4 aliphatic rings. The lowest BCUT2D eigenvalue weighted by atomic mass is 9.63. The molecular weight excluding hydrogens is 710 g/mol. The molecule has 1 saturated carbocycles. The van der Waals surface area contributed by atoms with E-state index in [1.807, 2.05) is 39.8 Å². The molecule has 51 heavy (non-hydrogen) atoms. The van der Waals surface area contributed by atoms with E-state index < -0.39 is 48.1 Å². The van der Waals surface area contributed by atoms with E-state index in [4.69, 9.17) is 16.3 Å². The molecule has 2 aliphatic heterocycles. The van der Waals surface area contributed by atoms with Gasteiger partial charge in [-0.05, 0) is 132 Å². The summed E-state index contributed by atoms with van der Waals surface area (Å²) in [5.74, 6) is -1.17. The van der Waals surface area contributed by atoms with Gasteiger partial charge in [0.1, 0.15) is 5.75 Å². The number of benzene rings is 2. The van der Waals surface area contributed by atoms with Crippen molar-refractivity contribution < 1.29 is 31.5 Å². The molecule has 10 nitrogen and oxygen atoms in total. The van der Waals surface area contributed by atoms with E-state index in [9.17, 15) is 26.7 Å². The van der Waals surface area contributed by atoms with Crippen molar-refractivity contribution in [1.29, 1.82) is 0 Å². The molecule has 6 rings (SSSR count). The van der Waals surface area contributed by atoms with Gasteiger partial charge in [-0.2, -0.15) is 4.31 Å². The highest BCUT2D eigenvalue weighted by Gasteiger charge is 2.51. The molecule has 2 aromatic rings. The molecule has 0 saturated heterocycles. The molecule has 1 amide bonds. The van der Waals surface area contributed by atoms with Crippen LogP contribution in [0, 0.1) is 17.8 Å². The van der Waals surface area contributed by atoms with Gasteiger partial charge in [0, 0.05) is 41.7 Å². The number of nitrogens with one attached hydrogen (secondary N) is 1. The lowest BCUT2D eigenvalue weighted by Crippen LogP contribution is -2.57. The van der Waals surface area contributed by atoms with Crippen LogP contribution < -0.4 is 14.4 Å². The Morgan fingerprint density at radius 1 is 1.08 bits per heavy atom. The Labute approximate surface area is 309 Å². The Morgan fingerprint density at radius 2 is 1.82 bits per heavy atom. The van der Waals surface area contributed by atoms with E-state index >= 15 is 0 Å². The third kappa shape index (κ3) is 7.54. The average molecular weight is 764 g/mol. The van der Waals surface area contributed by atoms with E-state index in [2.05, 4.69) is 15.7 Å². The number of rotatable bonds is 3. The molecular formula is C38H54ClN3O7S2. The SMILES string of the molecule is C[C@@H]1[C@@H](C)CCC[C@@](O)(CS(=O)(=O)N(C)C(C)(C)C)[C@@H]2CC[C@H]2CN2C[C@@]3(CCCc4cc(Cl)ccc43)COc3ccc(cc32)C(=O)NS1(=O)=O. The lowest BCUT2D eigenvalue weighted by Gasteiger charge is -2.50. The van der Waals surface area contributed by atoms with Crippen molar-refractivity contribution in [2.75, 3.05) is 37.4 Å². The molecule has 0 unspecified atom stereocenters. The third-order valence-corrected chi connectivity index (χ3v) is 16.8. The van der Waals surface area contributed by atoms with Crippen LogP contribution in [0.25, 0.3) is 0 Å². The number of fused-ring (bicyclic) bond motifs is 4. The molecule has 2 aromatic carbocycles. The second-order valence-corrected chi connectivity index (χ2v) is 21.3. The van der Waals surface area contributed by atoms with Crippen LogP contribution in [-0.4, -0.2) is 81.0 Å². The smallest absolute Gasteiger partial charge is 0.264 e. The number of carbonyl (C=O) groups excluding carboxylic acids is 1. The highest BCUT2D eigenvalue weighted by molar-refractivity contribution is 7.90. The third-order valence-electron chi connectivity index (χ3n) is 12.5. The van der Waals surface area contributed by atoms with Crippen molar-refractivity contribution in [3.63, 3.8) is 0 Å². The minimum absolute atomic E-state index is 0.0245. The predicted octanol–water partition coefficient (Wildman–Crippen LogP) is 5.90. The van der Waals surface area contributed by atoms with Crippen molar-refractivity contribution in [2.24, 2.45) is 17.8 Å². The summed E-state index contributed by atoms with van der Waals surface area (Å²) in [5, 5.41) is 12.4. The van der Waals surface area contributed by atoms with E-state index in [0.29, 0.717) is 55.4 Å². The lowest BCUT2D eigenvalue weighted by molar-refractivity contribution is -0.0725. The fourth-order valence-electron chi connectivity index (χ4n) is 8.78. The largest absolute Gasteiger partial charge is 0.490 e. The zero-order valence-corrected chi connectivity index (χ0v) is 33.1. The second-order valence-electron chi connectivity index (χ2n) is 16.8. The number of aliphatic hydroxyl groups is 1. The van der Waals surface area contributed by atoms with Crippen LogP contribution in [0.4, 0.5) is 5.69 Å². The summed E-state index contributed by atoms with van der Waals surface area (Å²) in [6, 6.07) is 11.1. The van der Waals surface area contributed by atoms with E-state index in [1.165, 1.54) is 15.4 Å². The maximum absolute atomic E-state index is 13.9. The Bertz CT molecular complexity index is 1880. The van der Waals surface area contributed by atoms with E-state index in [0.717, 1.165) is 25.7 Å². The number of amides is 1. The molecule has 2 N–H and O–H groups in total. The van der Waals surface area contributed by atoms with Crippen molar-refractivity contribution >= 4 is 43.2 Å². The van der Waals surface area contributed by atoms with Gasteiger partial charge in [-0.15, -0.1) is 0 Å². The van der Waals surface area contributed by atoms with Gasteiger partial charge in [-0.25, -0.2) is 21.6 Å². The Balaban J connectivity index is 1.44. The highest BCUT2D eigenvalue weighted by atomic mass is 35.5. The number of sulfonamides is 2. The first-order valence-corrected chi connectivity index (χ1v) is 21.8. The van der Waals surface area contributed by atoms with E-state index in [1.54, 1.807) is 32.2 Å². The number of carbonyl (C=O) groups is 1. The number of anilines is 1. The zero-order chi connectivity index (χ0) is 37.1. The number of aryl methyl sites for hydroxylation is 1. The molecule has 0 radical (unpaired) electrons. The Hall–Kier alpha value is -2.38. The molecule has 282 valence electrons. The molecule has 2 heterocycles. The number of nitrogens with zero attached hydrogens (tertiary/aromatic N) is 2. The fraction of sp³-hybridized carbons (Fsp3) is 0.658. The van der Waals surface area contributed by atoms with Crippen molar-refractivity contribution in [3.05, 3.63) is 58.1 Å². The van der Waals surface area contributed by atoms with Crippen LogP contribution in [0.5, 0.6) is 5.75 Å². The van der Waals surface area contributed by atoms with Crippen LogP contribution >= 0.6 is 11.6 Å².